The third kappa shape index (κ3) is 3.55. The van der Waals surface area contributed by atoms with Gasteiger partial charge in [0.15, 0.2) is 0 Å². The number of rotatable bonds is 6. The summed E-state index contributed by atoms with van der Waals surface area (Å²) in [5, 5.41) is 18.1. The SMILES string of the molecule is CCCCN(C)S(=O)(=O)c1cccc(B(O)O)c1. The van der Waals surface area contributed by atoms with E-state index in [1.807, 2.05) is 6.92 Å². The Balaban J connectivity index is 3.01. The first-order valence-corrected chi connectivity index (χ1v) is 7.26. The average Bonchev–Trinajstić information content (AvgIpc) is 2.35. The second kappa shape index (κ2) is 6.33. The van der Waals surface area contributed by atoms with Crippen LogP contribution in [0.1, 0.15) is 19.8 Å². The van der Waals surface area contributed by atoms with Gasteiger partial charge in [0.05, 0.1) is 4.90 Å². The largest absolute Gasteiger partial charge is 0.488 e. The van der Waals surface area contributed by atoms with Crippen molar-refractivity contribution in [2.75, 3.05) is 13.6 Å². The Morgan fingerprint density at radius 2 is 2.00 bits per heavy atom. The zero-order valence-corrected chi connectivity index (χ0v) is 11.4. The molecule has 1 rings (SSSR count). The molecule has 18 heavy (non-hydrogen) atoms. The average molecular weight is 271 g/mol. The van der Waals surface area contributed by atoms with Crippen LogP contribution < -0.4 is 5.46 Å². The summed E-state index contributed by atoms with van der Waals surface area (Å²) in [7, 11) is -3.70. The summed E-state index contributed by atoms with van der Waals surface area (Å²) < 4.78 is 25.6. The maximum absolute atomic E-state index is 12.2. The summed E-state index contributed by atoms with van der Waals surface area (Å²) >= 11 is 0. The number of benzene rings is 1. The molecule has 0 saturated carbocycles. The normalized spacial score (nSPS) is 11.8. The number of sulfonamides is 1. The summed E-state index contributed by atoms with van der Waals surface area (Å²) in [5.74, 6) is 0. The Hall–Kier alpha value is -0.885. The van der Waals surface area contributed by atoms with Crippen LogP contribution in [0, 0.1) is 0 Å². The molecule has 0 aromatic heterocycles. The fourth-order valence-corrected chi connectivity index (χ4v) is 2.78. The first kappa shape index (κ1) is 15.2. The molecule has 1 aromatic rings. The monoisotopic (exact) mass is 271 g/mol. The van der Waals surface area contributed by atoms with Crippen LogP contribution in [0.15, 0.2) is 29.2 Å². The highest BCUT2D eigenvalue weighted by Gasteiger charge is 2.22. The molecule has 0 bridgehead atoms. The second-order valence-corrected chi connectivity index (χ2v) is 6.17. The van der Waals surface area contributed by atoms with E-state index in [4.69, 9.17) is 10.0 Å². The Morgan fingerprint density at radius 3 is 2.56 bits per heavy atom. The van der Waals surface area contributed by atoms with E-state index in [2.05, 4.69) is 0 Å². The smallest absolute Gasteiger partial charge is 0.423 e. The Labute approximate surface area is 108 Å². The highest BCUT2D eigenvalue weighted by atomic mass is 32.2. The van der Waals surface area contributed by atoms with Crippen molar-refractivity contribution in [3.8, 4) is 0 Å². The molecule has 0 amide bonds. The number of hydrogen-bond donors (Lipinski definition) is 2. The van der Waals surface area contributed by atoms with E-state index in [9.17, 15) is 8.42 Å². The van der Waals surface area contributed by atoms with Crippen LogP contribution in [-0.2, 0) is 10.0 Å². The molecule has 0 unspecified atom stereocenters. The Kier molecular flexibility index (Phi) is 5.34. The molecule has 2 N–H and O–H groups in total. The van der Waals surface area contributed by atoms with Crippen LogP contribution in [0.3, 0.4) is 0 Å². The van der Waals surface area contributed by atoms with E-state index in [1.54, 1.807) is 0 Å². The minimum absolute atomic E-state index is 0.0757. The molecule has 1 aromatic carbocycles. The zero-order valence-electron chi connectivity index (χ0n) is 10.6. The van der Waals surface area contributed by atoms with Gasteiger partial charge in [0.1, 0.15) is 0 Å². The van der Waals surface area contributed by atoms with Gasteiger partial charge in [-0.2, -0.15) is 0 Å². The van der Waals surface area contributed by atoms with Crippen molar-refractivity contribution in [2.45, 2.75) is 24.7 Å². The first-order valence-electron chi connectivity index (χ1n) is 5.82. The fourth-order valence-electron chi connectivity index (χ4n) is 1.52. The summed E-state index contributed by atoms with van der Waals surface area (Å²) in [4.78, 5) is 0.0757. The van der Waals surface area contributed by atoms with Gasteiger partial charge in [0.2, 0.25) is 10.0 Å². The van der Waals surface area contributed by atoms with E-state index in [0.717, 1.165) is 12.8 Å². The van der Waals surface area contributed by atoms with E-state index in [-0.39, 0.29) is 10.4 Å². The molecule has 0 spiro atoms. The van der Waals surface area contributed by atoms with Crippen LogP contribution in [0.5, 0.6) is 0 Å². The number of unbranched alkanes of at least 4 members (excludes halogenated alkanes) is 1. The number of nitrogens with zero attached hydrogens (tertiary/aromatic N) is 1. The van der Waals surface area contributed by atoms with Crippen molar-refractivity contribution in [1.82, 2.24) is 4.31 Å². The lowest BCUT2D eigenvalue weighted by Crippen LogP contribution is -2.32. The predicted octanol–water partition coefficient (Wildman–Crippen LogP) is -0.213. The van der Waals surface area contributed by atoms with Gasteiger partial charge in [-0.05, 0) is 24.0 Å². The Bertz CT molecular complexity index is 490. The van der Waals surface area contributed by atoms with Crippen molar-refractivity contribution in [3.05, 3.63) is 24.3 Å². The maximum Gasteiger partial charge on any atom is 0.488 e. The molecular weight excluding hydrogens is 253 g/mol. The topological polar surface area (TPSA) is 77.8 Å². The predicted molar refractivity (Wildman–Crippen MR) is 71.0 cm³/mol. The Morgan fingerprint density at radius 1 is 1.33 bits per heavy atom. The number of hydrogen-bond acceptors (Lipinski definition) is 4. The molecule has 0 aliphatic heterocycles. The zero-order chi connectivity index (χ0) is 13.8. The van der Waals surface area contributed by atoms with Crippen molar-refractivity contribution in [1.29, 1.82) is 0 Å². The van der Waals surface area contributed by atoms with Crippen molar-refractivity contribution < 1.29 is 18.5 Å². The van der Waals surface area contributed by atoms with Gasteiger partial charge in [-0.15, -0.1) is 0 Å². The van der Waals surface area contributed by atoms with E-state index < -0.39 is 17.1 Å². The molecular formula is C11H18BNO4S. The molecule has 0 aliphatic rings. The molecule has 7 heteroatoms. The maximum atomic E-state index is 12.2. The molecule has 0 fully saturated rings. The highest BCUT2D eigenvalue weighted by molar-refractivity contribution is 7.89. The molecule has 0 heterocycles. The highest BCUT2D eigenvalue weighted by Crippen LogP contribution is 2.13. The summed E-state index contributed by atoms with van der Waals surface area (Å²) in [6, 6.07) is 5.69. The molecule has 0 atom stereocenters. The van der Waals surface area contributed by atoms with Gasteiger partial charge in [-0.3, -0.25) is 0 Å². The van der Waals surface area contributed by atoms with E-state index >= 15 is 0 Å². The van der Waals surface area contributed by atoms with Crippen molar-refractivity contribution >= 4 is 22.6 Å². The van der Waals surface area contributed by atoms with Crippen LogP contribution in [0.2, 0.25) is 0 Å². The molecule has 0 aliphatic carbocycles. The van der Waals surface area contributed by atoms with Gasteiger partial charge in [-0.25, -0.2) is 12.7 Å². The van der Waals surface area contributed by atoms with Crippen LogP contribution in [0.4, 0.5) is 0 Å². The fraction of sp³-hybridized carbons (Fsp3) is 0.455. The minimum Gasteiger partial charge on any atom is -0.423 e. The van der Waals surface area contributed by atoms with Gasteiger partial charge in [0, 0.05) is 13.6 Å². The second-order valence-electron chi connectivity index (χ2n) is 4.13. The first-order chi connectivity index (χ1) is 8.39. The van der Waals surface area contributed by atoms with E-state index in [1.165, 1.54) is 35.6 Å². The lowest BCUT2D eigenvalue weighted by Gasteiger charge is -2.17. The van der Waals surface area contributed by atoms with Gasteiger partial charge < -0.3 is 10.0 Å². The lowest BCUT2D eigenvalue weighted by molar-refractivity contribution is 0.425. The summed E-state index contributed by atoms with van der Waals surface area (Å²) in [6.45, 7) is 2.44. The molecule has 0 saturated heterocycles. The van der Waals surface area contributed by atoms with Crippen molar-refractivity contribution in [3.63, 3.8) is 0 Å². The molecule has 5 nitrogen and oxygen atoms in total. The summed E-state index contributed by atoms with van der Waals surface area (Å²) in [6.07, 6.45) is 1.70. The molecule has 0 radical (unpaired) electrons. The molecule has 100 valence electrons. The van der Waals surface area contributed by atoms with Crippen LogP contribution in [0.25, 0.3) is 0 Å². The lowest BCUT2D eigenvalue weighted by atomic mass is 9.80. The van der Waals surface area contributed by atoms with Gasteiger partial charge in [0.25, 0.3) is 0 Å². The third-order valence-corrected chi connectivity index (χ3v) is 4.54. The third-order valence-electron chi connectivity index (χ3n) is 2.69. The van der Waals surface area contributed by atoms with Crippen molar-refractivity contribution in [2.24, 2.45) is 0 Å². The van der Waals surface area contributed by atoms with Gasteiger partial charge >= 0.3 is 7.12 Å². The van der Waals surface area contributed by atoms with Crippen LogP contribution >= 0.6 is 0 Å². The van der Waals surface area contributed by atoms with E-state index in [0.29, 0.717) is 6.54 Å². The minimum atomic E-state index is -3.56. The quantitative estimate of drug-likeness (QED) is 0.702. The summed E-state index contributed by atoms with van der Waals surface area (Å²) in [5.41, 5.74) is 0.167. The standard InChI is InChI=1S/C11H18BNO4S/c1-3-4-8-13(2)18(16,17)11-7-5-6-10(9-11)12(14)15/h5-7,9,14-15H,3-4,8H2,1-2H3. The van der Waals surface area contributed by atoms with Gasteiger partial charge in [-0.1, -0.05) is 25.5 Å². The van der Waals surface area contributed by atoms with Crippen LogP contribution in [-0.4, -0.2) is 43.5 Å².